The topological polar surface area (TPSA) is 68.2 Å². The number of rotatable bonds is 6. The van der Waals surface area contributed by atoms with Crippen molar-refractivity contribution < 1.29 is 13.9 Å². The molecule has 0 radical (unpaired) electrons. The average Bonchev–Trinajstić information content (AvgIpc) is 2.91. The molecule has 1 amide bonds. The predicted molar refractivity (Wildman–Crippen MR) is 130 cm³/mol. The third-order valence-corrected chi connectivity index (χ3v) is 6.12. The van der Waals surface area contributed by atoms with Crippen molar-refractivity contribution in [2.45, 2.75) is 25.2 Å². The molecule has 1 atom stereocenters. The second kappa shape index (κ2) is 10.4. The molecule has 2 aromatic carbocycles. The maximum atomic E-state index is 14.1. The third-order valence-electron chi connectivity index (χ3n) is 6.12. The molecule has 1 saturated heterocycles. The smallest absolute Gasteiger partial charge is 0.321 e. The van der Waals surface area contributed by atoms with E-state index in [-0.39, 0.29) is 23.7 Å². The van der Waals surface area contributed by atoms with E-state index >= 15 is 0 Å². The number of piperidine rings is 1. The number of pyridine rings is 1. The zero-order valence-electron chi connectivity index (χ0n) is 19.2. The lowest BCUT2D eigenvalue weighted by Gasteiger charge is -2.32. The van der Waals surface area contributed by atoms with Gasteiger partial charge in [0.1, 0.15) is 11.6 Å². The Morgan fingerprint density at radius 1 is 1.00 bits per heavy atom. The molecule has 35 heavy (non-hydrogen) atoms. The van der Waals surface area contributed by atoms with Crippen molar-refractivity contribution in [2.75, 3.05) is 13.1 Å². The maximum Gasteiger partial charge on any atom is 0.321 e. The lowest BCUT2D eigenvalue weighted by atomic mass is 9.93. The first-order valence-corrected chi connectivity index (χ1v) is 11.7. The molecule has 1 fully saturated rings. The van der Waals surface area contributed by atoms with Gasteiger partial charge in [-0.05, 0) is 60.9 Å². The van der Waals surface area contributed by atoms with E-state index in [9.17, 15) is 9.18 Å². The minimum atomic E-state index is -0.223. The second-order valence-corrected chi connectivity index (χ2v) is 8.57. The normalized spacial score (nSPS) is 15.6. The summed E-state index contributed by atoms with van der Waals surface area (Å²) in [6.07, 6.45) is 5.49. The van der Waals surface area contributed by atoms with Crippen molar-refractivity contribution in [3.8, 4) is 11.8 Å². The lowest BCUT2D eigenvalue weighted by molar-refractivity contribution is 0.0705. The van der Waals surface area contributed by atoms with Crippen LogP contribution >= 0.6 is 0 Å². The summed E-state index contributed by atoms with van der Waals surface area (Å²) in [7, 11) is 0. The van der Waals surface area contributed by atoms with Gasteiger partial charge < -0.3 is 9.64 Å². The zero-order chi connectivity index (χ0) is 24.0. The fraction of sp³-hybridized carbons (Fsp3) is 0.214. The average molecular weight is 469 g/mol. The molecule has 0 N–H and O–H groups in total. The summed E-state index contributed by atoms with van der Waals surface area (Å²) in [5.41, 5.74) is 2.94. The fourth-order valence-corrected chi connectivity index (χ4v) is 4.38. The number of aromatic nitrogens is 3. The maximum absolute atomic E-state index is 14.1. The van der Waals surface area contributed by atoms with Crippen LogP contribution < -0.4 is 4.74 Å². The van der Waals surface area contributed by atoms with Gasteiger partial charge >= 0.3 is 6.01 Å². The Balaban J connectivity index is 1.28. The summed E-state index contributed by atoms with van der Waals surface area (Å²) in [5.74, 6) is 0.374. The van der Waals surface area contributed by atoms with Crippen LogP contribution in [0.15, 0.2) is 85.2 Å². The van der Waals surface area contributed by atoms with Crippen molar-refractivity contribution in [1.29, 1.82) is 0 Å². The van der Waals surface area contributed by atoms with Crippen molar-refractivity contribution in [2.24, 2.45) is 0 Å². The van der Waals surface area contributed by atoms with Crippen LogP contribution in [-0.4, -0.2) is 38.8 Å². The number of carbonyl (C=O) groups excluding carboxylic acids is 1. The summed E-state index contributed by atoms with van der Waals surface area (Å²) in [6.45, 7) is 1.28. The van der Waals surface area contributed by atoms with E-state index in [1.807, 2.05) is 29.2 Å². The summed E-state index contributed by atoms with van der Waals surface area (Å²) in [5, 5.41) is 0. The second-order valence-electron chi connectivity index (χ2n) is 8.57. The summed E-state index contributed by atoms with van der Waals surface area (Å²) < 4.78 is 19.8. The summed E-state index contributed by atoms with van der Waals surface area (Å²) in [4.78, 5) is 28.1. The van der Waals surface area contributed by atoms with E-state index in [2.05, 4.69) is 9.97 Å². The Hall–Kier alpha value is -4.13. The Kier molecular flexibility index (Phi) is 6.75. The Morgan fingerprint density at radius 3 is 2.69 bits per heavy atom. The molecular formula is C28H25FN4O2. The molecule has 1 aliphatic rings. The fourth-order valence-electron chi connectivity index (χ4n) is 4.38. The number of benzene rings is 2. The van der Waals surface area contributed by atoms with E-state index in [0.29, 0.717) is 36.4 Å². The molecule has 2 aromatic heterocycles. The molecule has 176 valence electrons. The van der Waals surface area contributed by atoms with Gasteiger partial charge in [0.25, 0.3) is 5.91 Å². The van der Waals surface area contributed by atoms with Gasteiger partial charge in [-0.3, -0.25) is 9.78 Å². The minimum absolute atomic E-state index is 0.0448. The van der Waals surface area contributed by atoms with Gasteiger partial charge in [0, 0.05) is 54.8 Å². The molecule has 0 spiro atoms. The molecular weight excluding hydrogens is 443 g/mol. The number of hydrogen-bond acceptors (Lipinski definition) is 5. The number of likely N-dealkylation sites (tertiary alicyclic amines) is 1. The van der Waals surface area contributed by atoms with Crippen LogP contribution in [0.25, 0.3) is 0 Å². The highest BCUT2D eigenvalue weighted by Gasteiger charge is 2.26. The SMILES string of the molecule is O=C(c1cccc(Oc2ncccn2)c1)N1CCC[C@H](c2cccc(Cc3ccccc3F)n2)C1. The highest BCUT2D eigenvalue weighted by molar-refractivity contribution is 5.94. The van der Waals surface area contributed by atoms with Gasteiger partial charge in [-0.1, -0.05) is 30.3 Å². The molecule has 4 aromatic rings. The van der Waals surface area contributed by atoms with E-state index in [1.54, 1.807) is 54.9 Å². The van der Waals surface area contributed by atoms with Gasteiger partial charge in [-0.15, -0.1) is 0 Å². The van der Waals surface area contributed by atoms with Gasteiger partial charge in [0.15, 0.2) is 0 Å². The first-order chi connectivity index (χ1) is 17.2. The van der Waals surface area contributed by atoms with Crippen LogP contribution in [0, 0.1) is 5.82 Å². The standard InChI is InChI=1S/C28H25FN4O2/c29-25-12-2-1-7-20(25)17-23-10-4-13-26(32-23)22-9-5-16-33(19-22)27(34)21-8-3-11-24(18-21)35-28-30-14-6-15-31-28/h1-4,6-8,10-15,18,22H,5,9,16-17,19H2/t22-/m0/s1. The number of nitrogens with zero attached hydrogens (tertiary/aromatic N) is 4. The highest BCUT2D eigenvalue weighted by Crippen LogP contribution is 2.28. The molecule has 0 aliphatic carbocycles. The quantitative estimate of drug-likeness (QED) is 0.378. The van der Waals surface area contributed by atoms with Crippen LogP contribution in [0.2, 0.25) is 0 Å². The first-order valence-electron chi connectivity index (χ1n) is 11.7. The van der Waals surface area contributed by atoms with Crippen molar-refractivity contribution in [3.63, 3.8) is 0 Å². The number of halogens is 1. The van der Waals surface area contributed by atoms with Gasteiger partial charge in [0.2, 0.25) is 0 Å². The van der Waals surface area contributed by atoms with E-state index < -0.39 is 0 Å². The van der Waals surface area contributed by atoms with E-state index in [4.69, 9.17) is 9.72 Å². The van der Waals surface area contributed by atoms with Gasteiger partial charge in [-0.2, -0.15) is 0 Å². The molecule has 3 heterocycles. The van der Waals surface area contributed by atoms with Crippen LogP contribution in [-0.2, 0) is 6.42 Å². The van der Waals surface area contributed by atoms with Crippen molar-refractivity contribution in [1.82, 2.24) is 19.9 Å². The van der Waals surface area contributed by atoms with Gasteiger partial charge in [0.05, 0.1) is 0 Å². The number of carbonyl (C=O) groups is 1. The van der Waals surface area contributed by atoms with Crippen LogP contribution in [0.5, 0.6) is 11.8 Å². The van der Waals surface area contributed by atoms with Crippen LogP contribution in [0.4, 0.5) is 4.39 Å². The Bertz CT molecular complexity index is 1320. The van der Waals surface area contributed by atoms with Crippen molar-refractivity contribution >= 4 is 5.91 Å². The Morgan fingerprint density at radius 2 is 1.83 bits per heavy atom. The van der Waals surface area contributed by atoms with Gasteiger partial charge in [-0.25, -0.2) is 14.4 Å². The summed E-state index contributed by atoms with van der Waals surface area (Å²) in [6, 6.07) is 21.7. The van der Waals surface area contributed by atoms with E-state index in [0.717, 1.165) is 24.2 Å². The monoisotopic (exact) mass is 468 g/mol. The zero-order valence-corrected chi connectivity index (χ0v) is 19.2. The molecule has 6 nitrogen and oxygen atoms in total. The number of amides is 1. The third kappa shape index (κ3) is 5.51. The molecule has 0 saturated carbocycles. The molecule has 0 unspecified atom stereocenters. The van der Waals surface area contributed by atoms with Crippen molar-refractivity contribution in [3.05, 3.63) is 114 Å². The highest BCUT2D eigenvalue weighted by atomic mass is 19.1. The molecule has 1 aliphatic heterocycles. The molecule has 0 bridgehead atoms. The van der Waals surface area contributed by atoms with E-state index in [1.165, 1.54) is 6.07 Å². The van der Waals surface area contributed by atoms with Crippen LogP contribution in [0.1, 0.15) is 46.1 Å². The Labute approximate surface area is 203 Å². The minimum Gasteiger partial charge on any atom is -0.424 e. The number of ether oxygens (including phenoxy) is 1. The number of hydrogen-bond donors (Lipinski definition) is 0. The largest absolute Gasteiger partial charge is 0.424 e. The first kappa shape index (κ1) is 22.7. The lowest BCUT2D eigenvalue weighted by Crippen LogP contribution is -2.39. The molecule has 7 heteroatoms. The predicted octanol–water partition coefficient (Wildman–Crippen LogP) is 5.41. The summed E-state index contributed by atoms with van der Waals surface area (Å²) >= 11 is 0. The molecule has 5 rings (SSSR count). The van der Waals surface area contributed by atoms with Crippen LogP contribution in [0.3, 0.4) is 0 Å².